The lowest BCUT2D eigenvalue weighted by Crippen LogP contribution is -2.18. The Morgan fingerprint density at radius 3 is 2.62 bits per heavy atom. The van der Waals surface area contributed by atoms with Crippen LogP contribution in [0.25, 0.3) is 0 Å². The van der Waals surface area contributed by atoms with E-state index in [1.54, 1.807) is 0 Å². The summed E-state index contributed by atoms with van der Waals surface area (Å²) < 4.78 is 0. The van der Waals surface area contributed by atoms with Crippen molar-refractivity contribution in [2.75, 3.05) is 23.7 Å². The Balaban J connectivity index is 2.32. The third kappa shape index (κ3) is 1.62. The molecule has 2 nitrogen and oxygen atoms in total. The van der Waals surface area contributed by atoms with Crippen LogP contribution in [0.4, 0.5) is 11.4 Å². The molecule has 1 aromatic rings. The number of hydrogen-bond acceptors (Lipinski definition) is 2. The Bertz CT molecular complexity index is 301. The predicted molar refractivity (Wildman–Crippen MR) is 57.0 cm³/mol. The Morgan fingerprint density at radius 2 is 1.92 bits per heavy atom. The fraction of sp³-hybridized carbons (Fsp3) is 0.455. The first-order valence-electron chi connectivity index (χ1n) is 4.88. The highest BCUT2D eigenvalue weighted by Crippen LogP contribution is 2.25. The molecule has 0 radical (unpaired) electrons. The van der Waals surface area contributed by atoms with Crippen LogP contribution in [0, 0.1) is 6.92 Å². The molecular formula is C11H16N2. The van der Waals surface area contributed by atoms with E-state index in [1.807, 2.05) is 6.07 Å². The highest BCUT2D eigenvalue weighted by Gasteiger charge is 2.13. The van der Waals surface area contributed by atoms with Crippen molar-refractivity contribution in [3.05, 3.63) is 23.8 Å². The first-order chi connectivity index (χ1) is 6.27. The average molecular weight is 176 g/mol. The molecule has 0 amide bonds. The van der Waals surface area contributed by atoms with Gasteiger partial charge in [-0.25, -0.2) is 0 Å². The first kappa shape index (κ1) is 8.42. The molecule has 0 atom stereocenters. The number of nitrogens with zero attached hydrogens (tertiary/aromatic N) is 1. The van der Waals surface area contributed by atoms with Gasteiger partial charge in [0.1, 0.15) is 0 Å². The molecule has 0 bridgehead atoms. The lowest BCUT2D eigenvalue weighted by molar-refractivity contribution is 0.949. The van der Waals surface area contributed by atoms with E-state index in [0.29, 0.717) is 0 Å². The van der Waals surface area contributed by atoms with Crippen LogP contribution >= 0.6 is 0 Å². The summed E-state index contributed by atoms with van der Waals surface area (Å²) in [5.41, 5.74) is 9.28. The van der Waals surface area contributed by atoms with Gasteiger partial charge in [-0.2, -0.15) is 0 Å². The molecule has 1 heterocycles. The van der Waals surface area contributed by atoms with Crippen LogP contribution in [0.1, 0.15) is 18.4 Å². The molecule has 1 aliphatic rings. The summed E-state index contributed by atoms with van der Waals surface area (Å²) in [5, 5.41) is 0. The fourth-order valence-electron chi connectivity index (χ4n) is 1.93. The molecule has 2 heteroatoms. The molecule has 0 spiro atoms. The Kier molecular flexibility index (Phi) is 2.13. The van der Waals surface area contributed by atoms with E-state index in [4.69, 9.17) is 5.73 Å². The molecule has 2 N–H and O–H groups in total. The van der Waals surface area contributed by atoms with Crippen LogP contribution in [-0.4, -0.2) is 13.1 Å². The fourth-order valence-corrected chi connectivity index (χ4v) is 1.93. The van der Waals surface area contributed by atoms with Crippen LogP contribution in [-0.2, 0) is 0 Å². The number of hydrogen-bond donors (Lipinski definition) is 1. The maximum absolute atomic E-state index is 5.77. The van der Waals surface area contributed by atoms with Gasteiger partial charge in [0.05, 0.1) is 0 Å². The van der Waals surface area contributed by atoms with Crippen molar-refractivity contribution in [1.82, 2.24) is 0 Å². The number of nitrogen functional groups attached to an aromatic ring is 1. The zero-order valence-corrected chi connectivity index (χ0v) is 8.09. The molecule has 0 aliphatic carbocycles. The molecule has 2 rings (SSSR count). The monoisotopic (exact) mass is 176 g/mol. The van der Waals surface area contributed by atoms with Crippen LogP contribution in [0.5, 0.6) is 0 Å². The largest absolute Gasteiger partial charge is 0.399 e. The quantitative estimate of drug-likeness (QED) is 0.664. The molecular weight excluding hydrogens is 160 g/mol. The van der Waals surface area contributed by atoms with Crippen molar-refractivity contribution in [3.63, 3.8) is 0 Å². The van der Waals surface area contributed by atoms with Gasteiger partial charge in [0, 0.05) is 24.5 Å². The van der Waals surface area contributed by atoms with E-state index >= 15 is 0 Å². The van der Waals surface area contributed by atoms with Crippen molar-refractivity contribution in [1.29, 1.82) is 0 Å². The van der Waals surface area contributed by atoms with E-state index < -0.39 is 0 Å². The summed E-state index contributed by atoms with van der Waals surface area (Å²) >= 11 is 0. The molecule has 1 aromatic carbocycles. The summed E-state index contributed by atoms with van der Waals surface area (Å²) in [6, 6.07) is 6.15. The zero-order valence-electron chi connectivity index (χ0n) is 8.09. The minimum absolute atomic E-state index is 0.868. The minimum atomic E-state index is 0.868. The molecule has 0 saturated carbocycles. The molecule has 0 unspecified atom stereocenters. The molecule has 1 aliphatic heterocycles. The SMILES string of the molecule is Cc1ccc(N)cc1N1CCCC1. The van der Waals surface area contributed by atoms with Crippen LogP contribution in [0.2, 0.25) is 0 Å². The molecule has 0 aromatic heterocycles. The summed E-state index contributed by atoms with van der Waals surface area (Å²) in [5.74, 6) is 0. The van der Waals surface area contributed by atoms with Gasteiger partial charge in [0.2, 0.25) is 0 Å². The van der Waals surface area contributed by atoms with Crippen LogP contribution in [0.15, 0.2) is 18.2 Å². The highest BCUT2D eigenvalue weighted by atomic mass is 15.1. The van der Waals surface area contributed by atoms with E-state index in [1.165, 1.54) is 37.2 Å². The van der Waals surface area contributed by atoms with Crippen molar-refractivity contribution in [2.45, 2.75) is 19.8 Å². The number of nitrogens with two attached hydrogens (primary N) is 1. The van der Waals surface area contributed by atoms with Crippen molar-refractivity contribution in [3.8, 4) is 0 Å². The van der Waals surface area contributed by atoms with E-state index in [-0.39, 0.29) is 0 Å². The number of aryl methyl sites for hydroxylation is 1. The minimum Gasteiger partial charge on any atom is -0.399 e. The van der Waals surface area contributed by atoms with Gasteiger partial charge in [-0.15, -0.1) is 0 Å². The second-order valence-electron chi connectivity index (χ2n) is 3.74. The van der Waals surface area contributed by atoms with Crippen LogP contribution in [0.3, 0.4) is 0 Å². The van der Waals surface area contributed by atoms with Gasteiger partial charge in [-0.1, -0.05) is 6.07 Å². The van der Waals surface area contributed by atoms with Gasteiger partial charge in [-0.05, 0) is 37.5 Å². The zero-order chi connectivity index (χ0) is 9.26. The summed E-state index contributed by atoms with van der Waals surface area (Å²) in [4.78, 5) is 2.42. The van der Waals surface area contributed by atoms with Gasteiger partial charge < -0.3 is 10.6 Å². The van der Waals surface area contributed by atoms with Crippen molar-refractivity contribution in [2.24, 2.45) is 0 Å². The summed E-state index contributed by atoms with van der Waals surface area (Å²) in [7, 11) is 0. The topological polar surface area (TPSA) is 29.3 Å². The maximum Gasteiger partial charge on any atom is 0.0416 e. The van der Waals surface area contributed by atoms with Crippen molar-refractivity contribution >= 4 is 11.4 Å². The molecule has 13 heavy (non-hydrogen) atoms. The Morgan fingerprint density at radius 1 is 1.23 bits per heavy atom. The van der Waals surface area contributed by atoms with Crippen molar-refractivity contribution < 1.29 is 0 Å². The second kappa shape index (κ2) is 3.29. The first-order valence-corrected chi connectivity index (χ1v) is 4.88. The Labute approximate surface area is 79.4 Å². The molecule has 1 fully saturated rings. The van der Waals surface area contributed by atoms with E-state index in [9.17, 15) is 0 Å². The maximum atomic E-state index is 5.77. The molecule has 70 valence electrons. The number of rotatable bonds is 1. The highest BCUT2D eigenvalue weighted by molar-refractivity contribution is 5.61. The van der Waals surface area contributed by atoms with Gasteiger partial charge in [0.25, 0.3) is 0 Å². The summed E-state index contributed by atoms with van der Waals surface area (Å²) in [6.07, 6.45) is 2.63. The second-order valence-corrected chi connectivity index (χ2v) is 3.74. The lowest BCUT2D eigenvalue weighted by atomic mass is 10.1. The third-order valence-electron chi connectivity index (χ3n) is 2.68. The predicted octanol–water partition coefficient (Wildman–Crippen LogP) is 2.18. The van der Waals surface area contributed by atoms with Gasteiger partial charge in [0.15, 0.2) is 0 Å². The van der Waals surface area contributed by atoms with Gasteiger partial charge >= 0.3 is 0 Å². The normalized spacial score (nSPS) is 16.5. The Hall–Kier alpha value is -1.18. The lowest BCUT2D eigenvalue weighted by Gasteiger charge is -2.20. The van der Waals surface area contributed by atoms with Gasteiger partial charge in [-0.3, -0.25) is 0 Å². The number of anilines is 2. The molecule has 1 saturated heterocycles. The number of benzene rings is 1. The smallest absolute Gasteiger partial charge is 0.0416 e. The third-order valence-corrected chi connectivity index (χ3v) is 2.68. The standard InChI is InChI=1S/C11H16N2/c1-9-4-5-10(12)8-11(9)13-6-2-3-7-13/h4-5,8H,2-3,6-7,12H2,1H3. The summed E-state index contributed by atoms with van der Waals surface area (Å²) in [6.45, 7) is 4.52. The van der Waals surface area contributed by atoms with E-state index in [2.05, 4.69) is 24.0 Å². The average Bonchev–Trinajstić information content (AvgIpc) is 2.61. The van der Waals surface area contributed by atoms with Crippen LogP contribution < -0.4 is 10.6 Å². The van der Waals surface area contributed by atoms with E-state index in [0.717, 1.165) is 5.69 Å².